The quantitative estimate of drug-likeness (QED) is 0.741. The van der Waals surface area contributed by atoms with Crippen LogP contribution >= 0.6 is 0 Å². The molecule has 1 saturated carbocycles. The molecule has 2 aliphatic heterocycles. The van der Waals surface area contributed by atoms with E-state index < -0.39 is 0 Å². The molecule has 4 heterocycles. The van der Waals surface area contributed by atoms with Crippen LogP contribution in [0.5, 0.6) is 0 Å². The fraction of sp³-hybridized carbons (Fsp3) is 0.640. The van der Waals surface area contributed by atoms with Crippen LogP contribution in [0.15, 0.2) is 34.9 Å². The zero-order valence-electron chi connectivity index (χ0n) is 19.1. The molecule has 0 bridgehead atoms. The molecule has 0 spiro atoms. The number of morpholine rings is 1. The van der Waals surface area contributed by atoms with E-state index in [2.05, 4.69) is 26.8 Å². The van der Waals surface area contributed by atoms with Crippen LogP contribution in [0, 0.1) is 5.92 Å². The maximum Gasteiger partial charge on any atom is 0.134 e. The summed E-state index contributed by atoms with van der Waals surface area (Å²) in [6.07, 6.45) is 8.11. The van der Waals surface area contributed by atoms with E-state index in [4.69, 9.17) is 19.9 Å². The molecular formula is C25H37N5O2. The highest BCUT2D eigenvalue weighted by atomic mass is 16.5. The molecule has 7 nitrogen and oxygen atoms in total. The van der Waals surface area contributed by atoms with Gasteiger partial charge < -0.3 is 24.7 Å². The van der Waals surface area contributed by atoms with Gasteiger partial charge in [0.05, 0.1) is 19.5 Å². The van der Waals surface area contributed by atoms with Gasteiger partial charge in [-0.1, -0.05) is 0 Å². The third-order valence-electron chi connectivity index (χ3n) is 7.38. The van der Waals surface area contributed by atoms with E-state index in [1.54, 1.807) is 6.26 Å². The summed E-state index contributed by atoms with van der Waals surface area (Å²) in [7, 11) is 0. The van der Waals surface area contributed by atoms with Crippen molar-refractivity contribution in [1.82, 2.24) is 9.88 Å². The first-order valence-electron chi connectivity index (χ1n) is 12.4. The Morgan fingerprint density at radius 1 is 0.906 bits per heavy atom. The molecule has 174 valence electrons. The van der Waals surface area contributed by atoms with Gasteiger partial charge in [-0.15, -0.1) is 0 Å². The van der Waals surface area contributed by atoms with Gasteiger partial charge in [0, 0.05) is 50.9 Å². The van der Waals surface area contributed by atoms with Crippen LogP contribution in [0.25, 0.3) is 11.3 Å². The molecule has 32 heavy (non-hydrogen) atoms. The van der Waals surface area contributed by atoms with Crippen LogP contribution in [0.4, 0.5) is 11.6 Å². The first-order valence-corrected chi connectivity index (χ1v) is 12.4. The number of hydrogen-bond donors (Lipinski definition) is 1. The minimum Gasteiger partial charge on any atom is -0.464 e. The SMILES string of the molecule is NC1CCC(CCN2CCN(c3cc(-c4ccco4)cc(N4CCOCC4)n3)CC2)CC1. The molecule has 0 atom stereocenters. The zero-order valence-corrected chi connectivity index (χ0v) is 19.1. The second kappa shape index (κ2) is 10.2. The minimum absolute atomic E-state index is 0.446. The fourth-order valence-electron chi connectivity index (χ4n) is 5.25. The monoisotopic (exact) mass is 439 g/mol. The smallest absolute Gasteiger partial charge is 0.134 e. The summed E-state index contributed by atoms with van der Waals surface area (Å²) >= 11 is 0. The van der Waals surface area contributed by atoms with Crippen LogP contribution in [-0.2, 0) is 4.74 Å². The van der Waals surface area contributed by atoms with Crippen molar-refractivity contribution in [2.24, 2.45) is 11.7 Å². The molecule has 1 aliphatic carbocycles. The number of furan rings is 1. The number of rotatable bonds is 6. The molecule has 0 radical (unpaired) electrons. The summed E-state index contributed by atoms with van der Waals surface area (Å²) in [5.74, 6) is 3.85. The number of hydrogen-bond acceptors (Lipinski definition) is 7. The van der Waals surface area contributed by atoms with Crippen molar-refractivity contribution >= 4 is 11.6 Å². The van der Waals surface area contributed by atoms with Gasteiger partial charge in [0.1, 0.15) is 17.4 Å². The summed E-state index contributed by atoms with van der Waals surface area (Å²) in [6.45, 7) is 8.74. The largest absolute Gasteiger partial charge is 0.464 e. The van der Waals surface area contributed by atoms with Crippen molar-refractivity contribution < 1.29 is 9.15 Å². The topological polar surface area (TPSA) is 71.0 Å². The zero-order chi connectivity index (χ0) is 21.8. The number of nitrogens with two attached hydrogens (primary N) is 1. The molecule has 5 rings (SSSR count). The lowest BCUT2D eigenvalue weighted by molar-refractivity contribution is 0.122. The molecule has 3 aliphatic rings. The van der Waals surface area contributed by atoms with Gasteiger partial charge in [-0.05, 0) is 68.8 Å². The minimum atomic E-state index is 0.446. The Labute approximate surface area is 191 Å². The molecule has 2 saturated heterocycles. The number of nitrogens with zero attached hydrogens (tertiary/aromatic N) is 4. The summed E-state index contributed by atoms with van der Waals surface area (Å²) in [5.41, 5.74) is 7.17. The van der Waals surface area contributed by atoms with Gasteiger partial charge in [-0.3, -0.25) is 4.90 Å². The third kappa shape index (κ3) is 5.27. The standard InChI is InChI=1S/C25H37N5O2/c26-22-5-3-20(4-6-22)7-8-28-9-11-29(12-10-28)24-18-21(23-2-1-15-32-23)19-25(27-24)30-13-16-31-17-14-30/h1-2,15,18-20,22H,3-14,16-17,26H2. The van der Waals surface area contributed by atoms with Crippen LogP contribution < -0.4 is 15.5 Å². The molecule has 2 aromatic rings. The lowest BCUT2D eigenvalue weighted by Gasteiger charge is -2.37. The van der Waals surface area contributed by atoms with E-state index in [1.165, 1.54) is 38.6 Å². The first kappa shape index (κ1) is 21.7. The second-order valence-electron chi connectivity index (χ2n) is 9.55. The van der Waals surface area contributed by atoms with Crippen molar-refractivity contribution in [3.8, 4) is 11.3 Å². The lowest BCUT2D eigenvalue weighted by Crippen LogP contribution is -2.47. The Balaban J connectivity index is 1.23. The molecule has 0 amide bonds. The highest BCUT2D eigenvalue weighted by molar-refractivity contribution is 5.67. The van der Waals surface area contributed by atoms with Crippen LogP contribution in [0.1, 0.15) is 32.1 Å². The average Bonchev–Trinajstić information content (AvgIpc) is 3.40. The number of pyridine rings is 1. The van der Waals surface area contributed by atoms with Crippen molar-refractivity contribution in [2.75, 3.05) is 68.8 Å². The van der Waals surface area contributed by atoms with Crippen molar-refractivity contribution in [3.63, 3.8) is 0 Å². The van der Waals surface area contributed by atoms with E-state index in [0.29, 0.717) is 6.04 Å². The van der Waals surface area contributed by atoms with E-state index in [9.17, 15) is 0 Å². The molecular weight excluding hydrogens is 402 g/mol. The van der Waals surface area contributed by atoms with Gasteiger partial charge >= 0.3 is 0 Å². The predicted octanol–water partition coefficient (Wildman–Crippen LogP) is 3.21. The summed E-state index contributed by atoms with van der Waals surface area (Å²) in [5, 5.41) is 0. The number of anilines is 2. The highest BCUT2D eigenvalue weighted by Gasteiger charge is 2.23. The molecule has 3 fully saturated rings. The number of aromatic nitrogens is 1. The second-order valence-corrected chi connectivity index (χ2v) is 9.55. The maximum absolute atomic E-state index is 6.07. The van der Waals surface area contributed by atoms with Gasteiger partial charge in [-0.2, -0.15) is 0 Å². The van der Waals surface area contributed by atoms with Crippen LogP contribution in [-0.4, -0.2) is 75.0 Å². The van der Waals surface area contributed by atoms with Crippen LogP contribution in [0.3, 0.4) is 0 Å². The van der Waals surface area contributed by atoms with Gasteiger partial charge in [-0.25, -0.2) is 4.98 Å². The average molecular weight is 440 g/mol. The van der Waals surface area contributed by atoms with Crippen molar-refractivity contribution in [3.05, 3.63) is 30.5 Å². The van der Waals surface area contributed by atoms with E-state index in [-0.39, 0.29) is 0 Å². The number of piperazine rings is 1. The van der Waals surface area contributed by atoms with E-state index in [1.807, 2.05) is 12.1 Å². The normalized spacial score (nSPS) is 25.3. The third-order valence-corrected chi connectivity index (χ3v) is 7.38. The predicted molar refractivity (Wildman–Crippen MR) is 128 cm³/mol. The highest BCUT2D eigenvalue weighted by Crippen LogP contribution is 2.30. The van der Waals surface area contributed by atoms with Gasteiger partial charge in [0.25, 0.3) is 0 Å². The Morgan fingerprint density at radius 3 is 2.25 bits per heavy atom. The van der Waals surface area contributed by atoms with Gasteiger partial charge in [0.15, 0.2) is 0 Å². The lowest BCUT2D eigenvalue weighted by atomic mass is 9.84. The Bertz CT molecular complexity index is 836. The Morgan fingerprint density at radius 2 is 1.59 bits per heavy atom. The van der Waals surface area contributed by atoms with Crippen LogP contribution in [0.2, 0.25) is 0 Å². The van der Waals surface area contributed by atoms with Gasteiger partial charge in [0.2, 0.25) is 0 Å². The van der Waals surface area contributed by atoms with E-state index >= 15 is 0 Å². The van der Waals surface area contributed by atoms with Crippen molar-refractivity contribution in [1.29, 1.82) is 0 Å². The molecule has 0 unspecified atom stereocenters. The van der Waals surface area contributed by atoms with E-state index in [0.717, 1.165) is 81.4 Å². The fourth-order valence-corrected chi connectivity index (χ4v) is 5.25. The first-order chi connectivity index (χ1) is 15.7. The molecule has 7 heteroatoms. The molecule has 0 aromatic carbocycles. The maximum atomic E-state index is 6.07. The summed E-state index contributed by atoms with van der Waals surface area (Å²) in [6, 6.07) is 8.76. The summed E-state index contributed by atoms with van der Waals surface area (Å²) in [4.78, 5) is 12.5. The number of ether oxygens (including phenoxy) is 1. The molecule has 2 N–H and O–H groups in total. The summed E-state index contributed by atoms with van der Waals surface area (Å²) < 4.78 is 11.3. The Hall–Kier alpha value is -2.09. The Kier molecular flexibility index (Phi) is 6.95. The molecule has 2 aromatic heterocycles. The van der Waals surface area contributed by atoms with Crippen molar-refractivity contribution in [2.45, 2.75) is 38.1 Å².